The van der Waals surface area contributed by atoms with Gasteiger partial charge in [-0.15, -0.1) is 0 Å². The average molecular weight is 305 g/mol. The molecule has 0 N–H and O–H groups in total. The Morgan fingerprint density at radius 2 is 2.00 bits per heavy atom. The quantitative estimate of drug-likeness (QED) is 0.745. The highest BCUT2D eigenvalue weighted by Crippen LogP contribution is 2.21. The van der Waals surface area contributed by atoms with Gasteiger partial charge in [0.15, 0.2) is 5.82 Å². The molecule has 0 spiro atoms. The lowest BCUT2D eigenvalue weighted by Gasteiger charge is -2.27. The summed E-state index contributed by atoms with van der Waals surface area (Å²) in [5.74, 6) is 0.824. The monoisotopic (exact) mass is 305 g/mol. The van der Waals surface area contributed by atoms with Crippen LogP contribution in [-0.4, -0.2) is 31.2 Å². The van der Waals surface area contributed by atoms with E-state index in [4.69, 9.17) is 4.98 Å². The molecule has 3 heterocycles. The first-order chi connectivity index (χ1) is 11.3. The number of nitrogens with zero attached hydrogens (tertiary/aromatic N) is 5. The second-order valence-electron chi connectivity index (χ2n) is 5.94. The molecule has 116 valence electrons. The Balaban J connectivity index is 1.53. The Kier molecular flexibility index (Phi) is 3.63. The van der Waals surface area contributed by atoms with Crippen LogP contribution in [0, 0.1) is 0 Å². The van der Waals surface area contributed by atoms with Crippen LogP contribution in [0.15, 0.2) is 48.8 Å². The van der Waals surface area contributed by atoms with E-state index < -0.39 is 0 Å². The summed E-state index contributed by atoms with van der Waals surface area (Å²) >= 11 is 0. The van der Waals surface area contributed by atoms with E-state index in [1.54, 1.807) is 0 Å². The lowest BCUT2D eigenvalue weighted by atomic mass is 10.1. The average Bonchev–Trinajstić information content (AvgIpc) is 3.00. The van der Waals surface area contributed by atoms with Crippen molar-refractivity contribution in [1.82, 2.24) is 24.6 Å². The van der Waals surface area contributed by atoms with Crippen molar-refractivity contribution in [2.75, 3.05) is 6.54 Å². The van der Waals surface area contributed by atoms with Gasteiger partial charge in [0.1, 0.15) is 0 Å². The fourth-order valence-electron chi connectivity index (χ4n) is 3.02. The van der Waals surface area contributed by atoms with E-state index in [0.717, 1.165) is 37.4 Å². The van der Waals surface area contributed by atoms with Crippen LogP contribution < -0.4 is 0 Å². The predicted octanol–water partition coefficient (Wildman–Crippen LogP) is 2.44. The molecule has 0 atom stereocenters. The third-order valence-corrected chi connectivity index (χ3v) is 4.35. The van der Waals surface area contributed by atoms with Crippen molar-refractivity contribution in [2.45, 2.75) is 19.5 Å². The van der Waals surface area contributed by atoms with Crippen LogP contribution in [0.4, 0.5) is 0 Å². The van der Waals surface area contributed by atoms with Crippen molar-refractivity contribution < 1.29 is 0 Å². The molecule has 1 aliphatic heterocycles. The van der Waals surface area contributed by atoms with Crippen molar-refractivity contribution in [3.63, 3.8) is 0 Å². The van der Waals surface area contributed by atoms with Crippen LogP contribution in [0.25, 0.3) is 11.4 Å². The second-order valence-corrected chi connectivity index (χ2v) is 5.94. The molecule has 1 aliphatic rings. The Hall–Kier alpha value is -2.53. The molecule has 3 aromatic rings. The van der Waals surface area contributed by atoms with E-state index >= 15 is 0 Å². The van der Waals surface area contributed by atoms with E-state index in [-0.39, 0.29) is 0 Å². The zero-order valence-electron chi connectivity index (χ0n) is 13.2. The largest absolute Gasteiger partial charge is 0.293 e. The fraction of sp³-hybridized carbons (Fsp3) is 0.278. The Morgan fingerprint density at radius 3 is 2.78 bits per heavy atom. The van der Waals surface area contributed by atoms with Gasteiger partial charge in [-0.05, 0) is 6.07 Å². The number of aryl methyl sites for hydroxylation is 1. The third kappa shape index (κ3) is 2.87. The van der Waals surface area contributed by atoms with E-state index in [9.17, 15) is 0 Å². The molecule has 0 saturated heterocycles. The maximum absolute atomic E-state index is 4.78. The van der Waals surface area contributed by atoms with Gasteiger partial charge in [0.2, 0.25) is 0 Å². The minimum absolute atomic E-state index is 0.824. The van der Waals surface area contributed by atoms with Crippen LogP contribution in [0.3, 0.4) is 0 Å². The predicted molar refractivity (Wildman–Crippen MR) is 88.5 cm³/mol. The lowest BCUT2D eigenvalue weighted by molar-refractivity contribution is 0.236. The number of aromatic nitrogens is 4. The van der Waals surface area contributed by atoms with Crippen molar-refractivity contribution in [3.8, 4) is 11.4 Å². The summed E-state index contributed by atoms with van der Waals surface area (Å²) in [5, 5.41) is 4.24. The van der Waals surface area contributed by atoms with Crippen LogP contribution in [-0.2, 0) is 26.6 Å². The molecule has 0 radical (unpaired) electrons. The zero-order valence-corrected chi connectivity index (χ0v) is 13.2. The van der Waals surface area contributed by atoms with Gasteiger partial charge >= 0.3 is 0 Å². The normalized spacial score (nSPS) is 14.7. The number of rotatable bonds is 3. The van der Waals surface area contributed by atoms with Crippen molar-refractivity contribution >= 4 is 0 Å². The zero-order chi connectivity index (χ0) is 15.6. The summed E-state index contributed by atoms with van der Waals surface area (Å²) < 4.78 is 1.94. The maximum Gasteiger partial charge on any atom is 0.159 e. The SMILES string of the molecule is Cn1nccc1CN1CCc2nc(-c3ccccc3)ncc2C1. The molecule has 0 fully saturated rings. The van der Waals surface area contributed by atoms with Crippen LogP contribution in [0.5, 0.6) is 0 Å². The highest BCUT2D eigenvalue weighted by molar-refractivity contribution is 5.54. The summed E-state index contributed by atoms with van der Waals surface area (Å²) in [5.41, 5.74) is 4.72. The number of hydrogen-bond acceptors (Lipinski definition) is 4. The molecule has 5 nitrogen and oxygen atoms in total. The molecule has 0 amide bonds. The van der Waals surface area contributed by atoms with Gasteiger partial charge in [-0.1, -0.05) is 30.3 Å². The fourth-order valence-corrected chi connectivity index (χ4v) is 3.02. The van der Waals surface area contributed by atoms with Gasteiger partial charge in [0.25, 0.3) is 0 Å². The third-order valence-electron chi connectivity index (χ3n) is 4.35. The Morgan fingerprint density at radius 1 is 1.13 bits per heavy atom. The van der Waals surface area contributed by atoms with Crippen molar-refractivity contribution in [1.29, 1.82) is 0 Å². The number of hydrogen-bond donors (Lipinski definition) is 0. The summed E-state index contributed by atoms with van der Waals surface area (Å²) in [6, 6.07) is 12.2. The molecule has 5 heteroatoms. The number of benzene rings is 1. The summed E-state index contributed by atoms with van der Waals surface area (Å²) in [7, 11) is 1.99. The molecular weight excluding hydrogens is 286 g/mol. The van der Waals surface area contributed by atoms with Crippen molar-refractivity contribution in [3.05, 3.63) is 65.7 Å². The van der Waals surface area contributed by atoms with Crippen LogP contribution in [0.1, 0.15) is 17.0 Å². The van der Waals surface area contributed by atoms with Gasteiger partial charge in [0, 0.05) is 56.6 Å². The van der Waals surface area contributed by atoms with Gasteiger partial charge in [0.05, 0.1) is 11.4 Å². The van der Waals surface area contributed by atoms with E-state index in [2.05, 4.69) is 33.2 Å². The standard InChI is InChI=1S/C18H19N5/c1-22-16(7-9-20-22)13-23-10-8-17-15(12-23)11-19-18(21-17)14-5-3-2-4-6-14/h2-7,9,11H,8,10,12-13H2,1H3. The smallest absolute Gasteiger partial charge is 0.159 e. The van der Waals surface area contributed by atoms with Crippen LogP contribution in [0.2, 0.25) is 0 Å². The lowest BCUT2D eigenvalue weighted by Crippen LogP contribution is -2.31. The molecule has 4 rings (SSSR count). The summed E-state index contributed by atoms with van der Waals surface area (Å²) in [4.78, 5) is 11.8. The highest BCUT2D eigenvalue weighted by atomic mass is 15.3. The van der Waals surface area contributed by atoms with E-state index in [1.165, 1.54) is 17.0 Å². The Labute approximate surface area is 135 Å². The van der Waals surface area contributed by atoms with Gasteiger partial charge in [-0.2, -0.15) is 5.10 Å². The van der Waals surface area contributed by atoms with Gasteiger partial charge in [-0.25, -0.2) is 9.97 Å². The minimum Gasteiger partial charge on any atom is -0.293 e. The van der Waals surface area contributed by atoms with E-state index in [1.807, 2.05) is 42.3 Å². The van der Waals surface area contributed by atoms with Gasteiger partial charge < -0.3 is 0 Å². The maximum atomic E-state index is 4.78. The van der Waals surface area contributed by atoms with Crippen LogP contribution >= 0.6 is 0 Å². The molecule has 0 bridgehead atoms. The Bertz CT molecular complexity index is 809. The summed E-state index contributed by atoms with van der Waals surface area (Å²) in [6.07, 6.45) is 4.80. The molecule has 0 unspecified atom stereocenters. The topological polar surface area (TPSA) is 46.8 Å². The van der Waals surface area contributed by atoms with E-state index in [0.29, 0.717) is 0 Å². The summed E-state index contributed by atoms with van der Waals surface area (Å²) in [6.45, 7) is 2.83. The molecule has 1 aromatic carbocycles. The molecular formula is C18H19N5. The van der Waals surface area contributed by atoms with Crippen molar-refractivity contribution in [2.24, 2.45) is 7.05 Å². The highest BCUT2D eigenvalue weighted by Gasteiger charge is 2.19. The molecule has 0 aliphatic carbocycles. The first-order valence-electron chi connectivity index (χ1n) is 7.89. The molecule has 2 aromatic heterocycles. The first kappa shape index (κ1) is 14.1. The first-order valence-corrected chi connectivity index (χ1v) is 7.89. The van der Waals surface area contributed by atoms with Gasteiger partial charge in [-0.3, -0.25) is 9.58 Å². The molecule has 0 saturated carbocycles. The second kappa shape index (κ2) is 5.93. The molecule has 23 heavy (non-hydrogen) atoms. The number of fused-ring (bicyclic) bond motifs is 1. The minimum atomic E-state index is 0.824.